The normalized spacial score (nSPS) is 10.4. The smallest absolute Gasteiger partial charge is 0.251 e. The van der Waals surface area contributed by atoms with Gasteiger partial charge in [0.1, 0.15) is 11.6 Å². The minimum atomic E-state index is -0.269. The molecule has 0 unspecified atom stereocenters. The first kappa shape index (κ1) is 13.7. The summed E-state index contributed by atoms with van der Waals surface area (Å²) in [5.41, 5.74) is 6.94. The van der Waals surface area contributed by atoms with Crippen molar-refractivity contribution in [1.82, 2.24) is 15.1 Å². The van der Waals surface area contributed by atoms with Crippen molar-refractivity contribution >= 4 is 34.3 Å². The molecule has 19 heavy (non-hydrogen) atoms. The summed E-state index contributed by atoms with van der Waals surface area (Å²) < 4.78 is 2.24. The number of aromatic nitrogens is 2. The highest BCUT2D eigenvalue weighted by molar-refractivity contribution is 14.1. The molecule has 0 atom stereocenters. The Labute approximate surface area is 123 Å². The van der Waals surface area contributed by atoms with Crippen LogP contribution in [0.25, 0.3) is 0 Å². The quantitative estimate of drug-likeness (QED) is 0.707. The number of hydrogen-bond donors (Lipinski definition) is 3. The van der Waals surface area contributed by atoms with Crippen molar-refractivity contribution in [3.05, 3.63) is 39.1 Å². The number of aromatic hydroxyl groups is 1. The Balaban J connectivity index is 2.05. The number of phenols is 1. The summed E-state index contributed by atoms with van der Waals surface area (Å²) in [5.74, 6) is 0.342. The molecule has 6 nitrogen and oxygen atoms in total. The molecule has 2 rings (SSSR count). The number of rotatable bonds is 3. The first-order valence-corrected chi connectivity index (χ1v) is 6.60. The fourth-order valence-corrected chi connectivity index (χ4v) is 1.90. The molecule has 0 saturated heterocycles. The fraction of sp³-hybridized carbons (Fsp3) is 0.167. The molecule has 1 aromatic carbocycles. The van der Waals surface area contributed by atoms with Gasteiger partial charge in [-0.3, -0.25) is 9.48 Å². The van der Waals surface area contributed by atoms with Gasteiger partial charge in [0.2, 0.25) is 0 Å². The van der Waals surface area contributed by atoms with E-state index >= 15 is 0 Å². The second kappa shape index (κ2) is 5.47. The lowest BCUT2D eigenvalue weighted by Crippen LogP contribution is -2.23. The number of aryl methyl sites for hydroxylation is 1. The molecule has 1 heterocycles. The van der Waals surface area contributed by atoms with Gasteiger partial charge < -0.3 is 16.2 Å². The SMILES string of the molecule is Cn1ncc(CNC(=O)c2ccc(I)c(O)c2)c1N. The molecule has 0 aliphatic rings. The number of nitrogens with zero attached hydrogens (tertiary/aromatic N) is 2. The van der Waals surface area contributed by atoms with Crippen LogP contribution in [0.2, 0.25) is 0 Å². The van der Waals surface area contributed by atoms with E-state index in [1.807, 2.05) is 22.6 Å². The number of halogens is 1. The van der Waals surface area contributed by atoms with Crippen LogP contribution in [0.5, 0.6) is 5.75 Å². The number of phenolic OH excluding ortho intramolecular Hbond substituents is 1. The van der Waals surface area contributed by atoms with Gasteiger partial charge in [-0.25, -0.2) is 0 Å². The number of anilines is 1. The van der Waals surface area contributed by atoms with Crippen molar-refractivity contribution in [2.75, 3.05) is 5.73 Å². The van der Waals surface area contributed by atoms with Crippen LogP contribution in [0.15, 0.2) is 24.4 Å². The first-order valence-electron chi connectivity index (χ1n) is 5.52. The average Bonchev–Trinajstić information content (AvgIpc) is 2.70. The van der Waals surface area contributed by atoms with Gasteiger partial charge in [0, 0.05) is 24.7 Å². The van der Waals surface area contributed by atoms with Crippen molar-refractivity contribution < 1.29 is 9.90 Å². The molecule has 0 saturated carbocycles. The van der Waals surface area contributed by atoms with E-state index in [2.05, 4.69) is 10.4 Å². The molecule has 1 amide bonds. The Morgan fingerprint density at radius 2 is 2.32 bits per heavy atom. The maximum Gasteiger partial charge on any atom is 0.251 e. The highest BCUT2D eigenvalue weighted by atomic mass is 127. The van der Waals surface area contributed by atoms with E-state index in [9.17, 15) is 9.90 Å². The third kappa shape index (κ3) is 2.98. The lowest BCUT2D eigenvalue weighted by atomic mass is 10.2. The standard InChI is InChI=1S/C12H13IN4O2/c1-17-11(14)8(6-16-17)5-15-12(19)7-2-3-9(13)10(18)4-7/h2-4,6,18H,5,14H2,1H3,(H,15,19). The second-order valence-electron chi connectivity index (χ2n) is 4.03. The van der Waals surface area contributed by atoms with E-state index in [4.69, 9.17) is 5.73 Å². The molecule has 4 N–H and O–H groups in total. The molecule has 0 fully saturated rings. The van der Waals surface area contributed by atoms with Crippen molar-refractivity contribution in [3.8, 4) is 5.75 Å². The number of carbonyl (C=O) groups is 1. The van der Waals surface area contributed by atoms with E-state index in [1.165, 1.54) is 10.7 Å². The van der Waals surface area contributed by atoms with Crippen LogP contribution in [-0.4, -0.2) is 20.8 Å². The first-order chi connectivity index (χ1) is 8.99. The summed E-state index contributed by atoms with van der Waals surface area (Å²) in [4.78, 5) is 11.9. The highest BCUT2D eigenvalue weighted by Gasteiger charge is 2.10. The maximum absolute atomic E-state index is 11.9. The lowest BCUT2D eigenvalue weighted by molar-refractivity contribution is 0.0950. The molecule has 0 bridgehead atoms. The summed E-state index contributed by atoms with van der Waals surface area (Å²) in [6.07, 6.45) is 1.61. The van der Waals surface area contributed by atoms with Crippen molar-refractivity contribution in [3.63, 3.8) is 0 Å². The molecular weight excluding hydrogens is 359 g/mol. The predicted molar refractivity (Wildman–Crippen MR) is 79.6 cm³/mol. The molecule has 0 aliphatic carbocycles. The zero-order valence-electron chi connectivity index (χ0n) is 10.2. The summed E-state index contributed by atoms with van der Waals surface area (Å²) in [6, 6.07) is 4.77. The minimum Gasteiger partial charge on any atom is -0.507 e. The van der Waals surface area contributed by atoms with E-state index in [-0.39, 0.29) is 11.7 Å². The van der Waals surface area contributed by atoms with Gasteiger partial charge in [0.15, 0.2) is 0 Å². The van der Waals surface area contributed by atoms with Crippen LogP contribution in [0.3, 0.4) is 0 Å². The summed E-state index contributed by atoms with van der Waals surface area (Å²) >= 11 is 1.99. The minimum absolute atomic E-state index is 0.0918. The summed E-state index contributed by atoms with van der Waals surface area (Å²) in [7, 11) is 1.73. The number of nitrogens with two attached hydrogens (primary N) is 1. The van der Waals surface area contributed by atoms with Crippen LogP contribution >= 0.6 is 22.6 Å². The molecule has 0 radical (unpaired) electrons. The fourth-order valence-electron chi connectivity index (χ4n) is 1.56. The number of benzene rings is 1. The van der Waals surface area contributed by atoms with Crippen LogP contribution in [0, 0.1) is 3.57 Å². The monoisotopic (exact) mass is 372 g/mol. The van der Waals surface area contributed by atoms with Gasteiger partial charge >= 0.3 is 0 Å². The van der Waals surface area contributed by atoms with E-state index < -0.39 is 0 Å². The Morgan fingerprint density at radius 1 is 1.58 bits per heavy atom. The maximum atomic E-state index is 11.9. The number of carbonyl (C=O) groups excluding carboxylic acids is 1. The molecular formula is C12H13IN4O2. The second-order valence-corrected chi connectivity index (χ2v) is 5.19. The zero-order valence-corrected chi connectivity index (χ0v) is 12.4. The molecule has 2 aromatic rings. The van der Waals surface area contributed by atoms with E-state index in [0.29, 0.717) is 21.5 Å². The van der Waals surface area contributed by atoms with Gasteiger partial charge in [-0.15, -0.1) is 0 Å². The summed E-state index contributed by atoms with van der Waals surface area (Å²) in [6.45, 7) is 0.297. The van der Waals surface area contributed by atoms with Gasteiger partial charge in [-0.05, 0) is 40.8 Å². The predicted octanol–water partition coefficient (Wildman–Crippen LogP) is 1.24. The van der Waals surface area contributed by atoms with Crippen LogP contribution < -0.4 is 11.1 Å². The van der Waals surface area contributed by atoms with Crippen molar-refractivity contribution in [2.45, 2.75) is 6.54 Å². The van der Waals surface area contributed by atoms with Gasteiger partial charge in [0.05, 0.1) is 9.77 Å². The Hall–Kier alpha value is -1.77. The van der Waals surface area contributed by atoms with Gasteiger partial charge in [-0.1, -0.05) is 0 Å². The molecule has 100 valence electrons. The lowest BCUT2D eigenvalue weighted by Gasteiger charge is -2.06. The summed E-state index contributed by atoms with van der Waals surface area (Å²) in [5, 5.41) is 16.3. The topological polar surface area (TPSA) is 93.2 Å². The van der Waals surface area contributed by atoms with Gasteiger partial charge in [0.25, 0.3) is 5.91 Å². The molecule has 0 spiro atoms. The zero-order chi connectivity index (χ0) is 14.0. The third-order valence-electron chi connectivity index (χ3n) is 2.71. The van der Waals surface area contributed by atoms with Crippen LogP contribution in [-0.2, 0) is 13.6 Å². The van der Waals surface area contributed by atoms with Crippen molar-refractivity contribution in [1.29, 1.82) is 0 Å². The average molecular weight is 372 g/mol. The van der Waals surface area contributed by atoms with Crippen molar-refractivity contribution in [2.24, 2.45) is 7.05 Å². The van der Waals surface area contributed by atoms with E-state index in [0.717, 1.165) is 5.56 Å². The third-order valence-corrected chi connectivity index (χ3v) is 3.62. The molecule has 0 aliphatic heterocycles. The molecule has 7 heteroatoms. The number of nitrogens with one attached hydrogen (secondary N) is 1. The Morgan fingerprint density at radius 3 is 2.89 bits per heavy atom. The van der Waals surface area contributed by atoms with Crippen LogP contribution in [0.1, 0.15) is 15.9 Å². The Bertz CT molecular complexity index is 624. The number of amides is 1. The highest BCUT2D eigenvalue weighted by Crippen LogP contribution is 2.20. The van der Waals surface area contributed by atoms with Crippen LogP contribution in [0.4, 0.5) is 5.82 Å². The number of nitrogen functional groups attached to an aromatic ring is 1. The Kier molecular flexibility index (Phi) is 3.93. The largest absolute Gasteiger partial charge is 0.507 e. The molecule has 1 aromatic heterocycles. The number of hydrogen-bond acceptors (Lipinski definition) is 4. The van der Waals surface area contributed by atoms with Gasteiger partial charge in [-0.2, -0.15) is 5.10 Å². The van der Waals surface area contributed by atoms with E-state index in [1.54, 1.807) is 25.4 Å².